The average Bonchev–Trinajstić information content (AvgIpc) is 2.95. The monoisotopic (exact) mass is 271 g/mol. The molecule has 0 amide bonds. The number of nitrogens with zero attached hydrogens (tertiary/aromatic N) is 2. The predicted molar refractivity (Wildman–Crippen MR) is 80.5 cm³/mol. The molecule has 0 aliphatic carbocycles. The molecule has 0 spiro atoms. The molecule has 3 rings (SSSR count). The van der Waals surface area contributed by atoms with Crippen molar-refractivity contribution in [2.45, 2.75) is 26.4 Å². The van der Waals surface area contributed by atoms with E-state index in [2.05, 4.69) is 34.7 Å². The summed E-state index contributed by atoms with van der Waals surface area (Å²) in [7, 11) is 0. The second-order valence-corrected chi connectivity index (χ2v) is 6.13. The predicted octanol–water partition coefficient (Wildman–Crippen LogP) is 3.41. The normalized spacial score (nSPS) is 13.0. The van der Waals surface area contributed by atoms with E-state index in [0.29, 0.717) is 0 Å². The van der Waals surface area contributed by atoms with Crippen LogP contribution in [0.15, 0.2) is 36.4 Å². The first-order valence-electron chi connectivity index (χ1n) is 6.39. The van der Waals surface area contributed by atoms with Crippen LogP contribution in [0.25, 0.3) is 11.0 Å². The molecular formula is C15H17N3S. The van der Waals surface area contributed by atoms with Gasteiger partial charge in [0.25, 0.3) is 0 Å². The number of thiophene rings is 1. The zero-order valence-electron chi connectivity index (χ0n) is 11.1. The summed E-state index contributed by atoms with van der Waals surface area (Å²) in [5, 5.41) is 0. The Kier molecular flexibility index (Phi) is 3.12. The van der Waals surface area contributed by atoms with Gasteiger partial charge in [-0.15, -0.1) is 11.3 Å². The van der Waals surface area contributed by atoms with Crippen LogP contribution in [-0.2, 0) is 6.54 Å². The number of aromatic nitrogens is 2. The van der Waals surface area contributed by atoms with E-state index >= 15 is 0 Å². The van der Waals surface area contributed by atoms with Crippen molar-refractivity contribution in [3.05, 3.63) is 52.0 Å². The van der Waals surface area contributed by atoms with E-state index in [0.717, 1.165) is 23.4 Å². The van der Waals surface area contributed by atoms with E-state index in [9.17, 15) is 0 Å². The Labute approximate surface area is 116 Å². The highest BCUT2D eigenvalue weighted by molar-refractivity contribution is 7.12. The molecule has 98 valence electrons. The fourth-order valence-electron chi connectivity index (χ4n) is 2.37. The molecule has 1 atom stereocenters. The Hall–Kier alpha value is -1.65. The van der Waals surface area contributed by atoms with E-state index in [1.807, 2.05) is 25.1 Å². The van der Waals surface area contributed by atoms with Gasteiger partial charge in [-0.3, -0.25) is 0 Å². The lowest BCUT2D eigenvalue weighted by Crippen LogP contribution is -2.17. The van der Waals surface area contributed by atoms with Crippen LogP contribution in [0.4, 0.5) is 0 Å². The summed E-state index contributed by atoms with van der Waals surface area (Å²) in [6, 6.07) is 12.5. The Balaban J connectivity index is 1.95. The van der Waals surface area contributed by atoms with Gasteiger partial charge in [-0.05, 0) is 38.1 Å². The van der Waals surface area contributed by atoms with Crippen molar-refractivity contribution in [1.82, 2.24) is 9.55 Å². The third-order valence-electron chi connectivity index (χ3n) is 3.35. The van der Waals surface area contributed by atoms with Gasteiger partial charge in [-0.25, -0.2) is 4.98 Å². The molecule has 0 aliphatic heterocycles. The molecule has 0 saturated carbocycles. The quantitative estimate of drug-likeness (QED) is 0.793. The largest absolute Gasteiger partial charge is 0.326 e. The molecule has 4 heteroatoms. The van der Waals surface area contributed by atoms with E-state index in [-0.39, 0.29) is 6.04 Å². The summed E-state index contributed by atoms with van der Waals surface area (Å²) in [6.45, 7) is 4.91. The highest BCUT2D eigenvalue weighted by Crippen LogP contribution is 2.24. The highest BCUT2D eigenvalue weighted by Gasteiger charge is 2.13. The van der Waals surface area contributed by atoms with Gasteiger partial charge in [0, 0.05) is 16.3 Å². The maximum Gasteiger partial charge on any atom is 0.106 e. The van der Waals surface area contributed by atoms with Gasteiger partial charge in [0.1, 0.15) is 5.82 Å². The lowest BCUT2D eigenvalue weighted by molar-refractivity contribution is 0.584. The van der Waals surface area contributed by atoms with Crippen molar-refractivity contribution in [3.63, 3.8) is 0 Å². The van der Waals surface area contributed by atoms with Crippen molar-refractivity contribution < 1.29 is 0 Å². The zero-order chi connectivity index (χ0) is 13.4. The summed E-state index contributed by atoms with van der Waals surface area (Å²) >= 11 is 1.77. The average molecular weight is 271 g/mol. The molecule has 0 aliphatic rings. The molecule has 2 N–H and O–H groups in total. The maximum absolute atomic E-state index is 6.32. The lowest BCUT2D eigenvalue weighted by atomic mass is 10.2. The van der Waals surface area contributed by atoms with Crippen LogP contribution in [0.5, 0.6) is 0 Å². The van der Waals surface area contributed by atoms with Crippen molar-refractivity contribution in [2.75, 3.05) is 0 Å². The Morgan fingerprint density at radius 3 is 2.74 bits per heavy atom. The smallest absolute Gasteiger partial charge is 0.106 e. The van der Waals surface area contributed by atoms with Crippen LogP contribution in [0.1, 0.15) is 21.6 Å². The number of para-hydroxylation sites is 2. The summed E-state index contributed by atoms with van der Waals surface area (Å²) in [4.78, 5) is 7.11. The minimum absolute atomic E-state index is 0.0232. The Morgan fingerprint density at radius 1 is 1.21 bits per heavy atom. The van der Waals surface area contributed by atoms with Gasteiger partial charge >= 0.3 is 0 Å². The minimum Gasteiger partial charge on any atom is -0.326 e. The molecule has 0 saturated heterocycles. The maximum atomic E-state index is 6.32. The molecule has 0 bridgehead atoms. The van der Waals surface area contributed by atoms with E-state index < -0.39 is 0 Å². The van der Waals surface area contributed by atoms with Crippen molar-refractivity contribution in [3.8, 4) is 0 Å². The van der Waals surface area contributed by atoms with E-state index in [1.165, 1.54) is 9.75 Å². The number of hydrogen-bond donors (Lipinski definition) is 1. The number of fused-ring (bicyclic) bond motifs is 1. The van der Waals surface area contributed by atoms with Gasteiger partial charge in [0.05, 0.1) is 17.1 Å². The fourth-order valence-corrected chi connectivity index (χ4v) is 3.24. The van der Waals surface area contributed by atoms with Crippen LogP contribution in [-0.4, -0.2) is 9.55 Å². The van der Waals surface area contributed by atoms with Crippen molar-refractivity contribution in [2.24, 2.45) is 5.73 Å². The van der Waals surface area contributed by atoms with Crippen molar-refractivity contribution in [1.29, 1.82) is 0 Å². The Bertz CT molecular complexity index is 711. The fraction of sp³-hybridized carbons (Fsp3) is 0.267. The van der Waals surface area contributed by atoms with Crippen molar-refractivity contribution >= 4 is 22.4 Å². The number of benzene rings is 1. The SMILES string of the molecule is Cc1ccc(C(N)Cn2c(C)nc3ccccc32)s1. The molecule has 19 heavy (non-hydrogen) atoms. The first kappa shape index (κ1) is 12.4. The number of nitrogens with two attached hydrogens (primary N) is 1. The molecule has 2 aromatic heterocycles. The third-order valence-corrected chi connectivity index (χ3v) is 4.48. The zero-order valence-corrected chi connectivity index (χ0v) is 11.9. The topological polar surface area (TPSA) is 43.8 Å². The molecular weight excluding hydrogens is 254 g/mol. The molecule has 1 unspecified atom stereocenters. The van der Waals surface area contributed by atoms with Crippen LogP contribution in [0, 0.1) is 13.8 Å². The summed E-state index contributed by atoms with van der Waals surface area (Å²) < 4.78 is 2.20. The van der Waals surface area contributed by atoms with Gasteiger partial charge in [0.2, 0.25) is 0 Å². The van der Waals surface area contributed by atoms with Gasteiger partial charge in [-0.1, -0.05) is 12.1 Å². The second-order valence-electron chi connectivity index (χ2n) is 4.81. The second kappa shape index (κ2) is 4.79. The summed E-state index contributed by atoms with van der Waals surface area (Å²) in [5.41, 5.74) is 8.51. The van der Waals surface area contributed by atoms with Crippen LogP contribution >= 0.6 is 11.3 Å². The molecule has 2 heterocycles. The molecule has 1 aromatic carbocycles. The summed E-state index contributed by atoms with van der Waals surface area (Å²) in [6.07, 6.45) is 0. The van der Waals surface area contributed by atoms with Gasteiger partial charge in [-0.2, -0.15) is 0 Å². The number of aryl methyl sites for hydroxylation is 2. The van der Waals surface area contributed by atoms with Gasteiger partial charge < -0.3 is 10.3 Å². The summed E-state index contributed by atoms with van der Waals surface area (Å²) in [5.74, 6) is 1.02. The van der Waals surface area contributed by atoms with Gasteiger partial charge in [0.15, 0.2) is 0 Å². The van der Waals surface area contributed by atoms with Crippen LogP contribution in [0.3, 0.4) is 0 Å². The standard InChI is InChI=1S/C15H17N3S/c1-10-7-8-15(19-10)12(16)9-18-11(2)17-13-5-3-4-6-14(13)18/h3-8,12H,9,16H2,1-2H3. The molecule has 0 radical (unpaired) electrons. The van der Waals surface area contributed by atoms with E-state index in [4.69, 9.17) is 5.73 Å². The Morgan fingerprint density at radius 2 is 2.00 bits per heavy atom. The number of hydrogen-bond acceptors (Lipinski definition) is 3. The van der Waals surface area contributed by atoms with Crippen LogP contribution < -0.4 is 5.73 Å². The lowest BCUT2D eigenvalue weighted by Gasteiger charge is -2.13. The molecule has 0 fully saturated rings. The molecule has 3 nitrogen and oxygen atoms in total. The minimum atomic E-state index is 0.0232. The number of imidazole rings is 1. The third kappa shape index (κ3) is 2.29. The highest BCUT2D eigenvalue weighted by atomic mass is 32.1. The first-order valence-corrected chi connectivity index (χ1v) is 7.20. The first-order chi connectivity index (χ1) is 9.15. The van der Waals surface area contributed by atoms with E-state index in [1.54, 1.807) is 11.3 Å². The number of rotatable bonds is 3. The molecule has 3 aromatic rings. The van der Waals surface area contributed by atoms with Crippen LogP contribution in [0.2, 0.25) is 0 Å².